The predicted molar refractivity (Wildman–Crippen MR) is 110 cm³/mol. The van der Waals surface area contributed by atoms with Gasteiger partial charge in [-0.1, -0.05) is 37.8 Å². The normalized spacial score (nSPS) is 15.0. The Morgan fingerprint density at radius 2 is 1.44 bits per heavy atom. The fourth-order valence-electron chi connectivity index (χ4n) is 3.57. The largest absolute Gasteiger partial charge is 0.289 e. The van der Waals surface area contributed by atoms with E-state index < -0.39 is 0 Å². The Morgan fingerprint density at radius 3 is 2.08 bits per heavy atom. The van der Waals surface area contributed by atoms with Crippen LogP contribution >= 0.6 is 12.6 Å². The minimum Gasteiger partial charge on any atom is -0.289 e. The van der Waals surface area contributed by atoms with E-state index in [1.165, 1.54) is 59.1 Å². The van der Waals surface area contributed by atoms with Gasteiger partial charge in [-0.25, -0.2) is 0 Å². The third-order valence-corrected chi connectivity index (χ3v) is 6.08. The van der Waals surface area contributed by atoms with Crippen LogP contribution in [-0.2, 0) is 12.8 Å². The van der Waals surface area contributed by atoms with E-state index in [-0.39, 0.29) is 5.43 Å². The maximum atomic E-state index is 12.0. The van der Waals surface area contributed by atoms with E-state index in [4.69, 9.17) is 0 Å². The first kappa shape index (κ1) is 18.3. The second-order valence-corrected chi connectivity index (χ2v) is 7.89. The van der Waals surface area contributed by atoms with Crippen LogP contribution in [-0.4, -0.2) is 0 Å². The number of thiol groups is 1. The van der Waals surface area contributed by atoms with Gasteiger partial charge < -0.3 is 0 Å². The predicted octanol–water partition coefficient (Wildman–Crippen LogP) is 5.98. The van der Waals surface area contributed by atoms with Crippen molar-refractivity contribution in [1.82, 2.24) is 0 Å². The lowest BCUT2D eigenvalue weighted by Crippen LogP contribution is -1.98. The molecule has 0 amide bonds. The van der Waals surface area contributed by atoms with E-state index in [0.29, 0.717) is 4.90 Å². The van der Waals surface area contributed by atoms with Crippen LogP contribution in [0.3, 0.4) is 0 Å². The molecule has 2 aliphatic rings. The summed E-state index contributed by atoms with van der Waals surface area (Å²) in [6.45, 7) is 6.56. The van der Waals surface area contributed by atoms with Crippen LogP contribution < -0.4 is 5.43 Å². The lowest BCUT2D eigenvalue weighted by Gasteiger charge is -2.16. The topological polar surface area (TPSA) is 17.1 Å². The number of rotatable bonds is 0. The molecule has 0 saturated heterocycles. The van der Waals surface area contributed by atoms with Crippen molar-refractivity contribution in [2.45, 2.75) is 70.6 Å². The quantitative estimate of drug-likeness (QED) is 0.577. The Hall–Kier alpha value is -1.54. The molecule has 1 saturated carbocycles. The van der Waals surface area contributed by atoms with Gasteiger partial charge in [0.1, 0.15) is 0 Å². The average Bonchev–Trinajstić information content (AvgIpc) is 2.75. The molecule has 132 valence electrons. The molecule has 4 rings (SSSR count). The zero-order valence-corrected chi connectivity index (χ0v) is 16.5. The first-order valence-corrected chi connectivity index (χ1v) is 9.90. The smallest absolute Gasteiger partial charge is 0.192 e. The molecule has 0 N–H and O–H groups in total. The minimum atomic E-state index is 0.0181. The highest BCUT2D eigenvalue weighted by Gasteiger charge is 2.18. The van der Waals surface area contributed by atoms with E-state index in [1.807, 2.05) is 6.07 Å². The molecular formula is C23H28OS. The van der Waals surface area contributed by atoms with Gasteiger partial charge in [0.2, 0.25) is 0 Å². The molecule has 2 aliphatic carbocycles. The van der Waals surface area contributed by atoms with Gasteiger partial charge in [0.05, 0.1) is 4.90 Å². The van der Waals surface area contributed by atoms with Gasteiger partial charge >= 0.3 is 0 Å². The molecule has 0 spiro atoms. The van der Waals surface area contributed by atoms with Gasteiger partial charge in [0.25, 0.3) is 0 Å². The van der Waals surface area contributed by atoms with Crippen molar-refractivity contribution < 1.29 is 0 Å². The van der Waals surface area contributed by atoms with E-state index in [2.05, 4.69) is 45.5 Å². The van der Waals surface area contributed by atoms with Crippen LogP contribution in [0.25, 0.3) is 11.1 Å². The summed E-state index contributed by atoms with van der Waals surface area (Å²) in [7, 11) is 0. The van der Waals surface area contributed by atoms with Gasteiger partial charge in [0, 0.05) is 0 Å². The van der Waals surface area contributed by atoms with Crippen LogP contribution in [0.4, 0.5) is 0 Å². The summed E-state index contributed by atoms with van der Waals surface area (Å²) in [5, 5.41) is 0. The maximum Gasteiger partial charge on any atom is 0.192 e. The Kier molecular flexibility index (Phi) is 5.68. The van der Waals surface area contributed by atoms with Gasteiger partial charge in [-0.2, -0.15) is 0 Å². The van der Waals surface area contributed by atoms with E-state index >= 15 is 0 Å². The number of hydrogen-bond donors (Lipinski definition) is 1. The SMILES string of the molecule is C1CCC1.Cc1cc2c(c(C)c1C)-c1ccc(S)c(=O)cc1CCC2. The van der Waals surface area contributed by atoms with Gasteiger partial charge in [-0.3, -0.25) is 4.79 Å². The van der Waals surface area contributed by atoms with Gasteiger partial charge in [0.15, 0.2) is 5.43 Å². The van der Waals surface area contributed by atoms with Crippen LogP contribution in [0, 0.1) is 20.8 Å². The second kappa shape index (κ2) is 7.78. The van der Waals surface area contributed by atoms with Crippen molar-refractivity contribution in [3.63, 3.8) is 0 Å². The van der Waals surface area contributed by atoms with Crippen LogP contribution in [0.1, 0.15) is 59.9 Å². The Morgan fingerprint density at radius 1 is 0.800 bits per heavy atom. The molecule has 1 nitrogen and oxygen atoms in total. The average molecular weight is 353 g/mol. The Balaban J connectivity index is 0.000000401. The van der Waals surface area contributed by atoms with Crippen LogP contribution in [0.15, 0.2) is 34.0 Å². The Bertz CT molecular complexity index is 844. The molecular weight excluding hydrogens is 324 g/mol. The summed E-state index contributed by atoms with van der Waals surface area (Å²) in [6, 6.07) is 8.01. The molecule has 0 radical (unpaired) electrons. The molecule has 0 aliphatic heterocycles. The fourth-order valence-corrected chi connectivity index (χ4v) is 3.71. The summed E-state index contributed by atoms with van der Waals surface area (Å²) < 4.78 is 0. The summed E-state index contributed by atoms with van der Waals surface area (Å²) >= 11 is 4.29. The first-order chi connectivity index (χ1) is 12.0. The number of fused-ring (bicyclic) bond motifs is 3. The zero-order valence-electron chi connectivity index (χ0n) is 15.6. The van der Waals surface area contributed by atoms with Crippen molar-refractivity contribution >= 4 is 12.6 Å². The summed E-state index contributed by atoms with van der Waals surface area (Å²) in [6.07, 6.45) is 9.13. The molecule has 0 bridgehead atoms. The highest BCUT2D eigenvalue weighted by Crippen LogP contribution is 2.36. The summed E-state index contributed by atoms with van der Waals surface area (Å²) in [5.74, 6) is 0. The van der Waals surface area contributed by atoms with Crippen molar-refractivity contribution in [3.05, 3.63) is 62.3 Å². The van der Waals surface area contributed by atoms with Crippen molar-refractivity contribution in [1.29, 1.82) is 0 Å². The molecule has 2 aromatic rings. The van der Waals surface area contributed by atoms with E-state index in [9.17, 15) is 4.79 Å². The molecule has 0 unspecified atom stereocenters. The first-order valence-electron chi connectivity index (χ1n) is 9.45. The molecule has 0 atom stereocenters. The van der Waals surface area contributed by atoms with E-state index in [0.717, 1.165) is 24.8 Å². The molecule has 0 heterocycles. The van der Waals surface area contributed by atoms with Gasteiger partial charge in [-0.05, 0) is 91.1 Å². The fraction of sp³-hybridized carbons (Fsp3) is 0.435. The highest BCUT2D eigenvalue weighted by molar-refractivity contribution is 7.80. The lowest BCUT2D eigenvalue weighted by molar-refractivity contribution is 0.504. The third-order valence-electron chi connectivity index (χ3n) is 5.71. The Labute approximate surface area is 156 Å². The summed E-state index contributed by atoms with van der Waals surface area (Å²) in [4.78, 5) is 12.6. The number of benzene rings is 1. The van der Waals surface area contributed by atoms with Crippen molar-refractivity contribution in [3.8, 4) is 11.1 Å². The second-order valence-electron chi connectivity index (χ2n) is 7.41. The third kappa shape index (κ3) is 3.84. The van der Waals surface area contributed by atoms with Crippen LogP contribution in [0.2, 0.25) is 0 Å². The minimum absolute atomic E-state index is 0.0181. The number of hydrogen-bond acceptors (Lipinski definition) is 2. The summed E-state index contributed by atoms with van der Waals surface area (Å²) in [5.41, 5.74) is 9.17. The molecule has 2 heteroatoms. The number of aryl methyl sites for hydroxylation is 3. The molecule has 1 fully saturated rings. The van der Waals surface area contributed by atoms with Gasteiger partial charge in [-0.15, -0.1) is 12.6 Å². The zero-order chi connectivity index (χ0) is 18.0. The molecule has 2 aromatic carbocycles. The van der Waals surface area contributed by atoms with E-state index in [1.54, 1.807) is 6.07 Å². The standard InChI is InChI=1S/C19H20OS.C4H8/c1-11-9-15-6-4-5-14-10-17(20)18(21)8-7-16(14)19(15)13(3)12(11)2;1-2-4-3-1/h7-10H,4-6H2,1-3H3,(H,20,21);1-4H2. The highest BCUT2D eigenvalue weighted by atomic mass is 32.1. The maximum absolute atomic E-state index is 12.0. The lowest BCUT2D eigenvalue weighted by atomic mass is 9.89. The van der Waals surface area contributed by atoms with Crippen molar-refractivity contribution in [2.24, 2.45) is 0 Å². The molecule has 25 heavy (non-hydrogen) atoms. The van der Waals surface area contributed by atoms with Crippen LogP contribution in [0.5, 0.6) is 0 Å². The van der Waals surface area contributed by atoms with Crippen molar-refractivity contribution in [2.75, 3.05) is 0 Å². The monoisotopic (exact) mass is 352 g/mol. The molecule has 0 aromatic heterocycles.